The summed E-state index contributed by atoms with van der Waals surface area (Å²) in [5.74, 6) is -5.26. The first-order chi connectivity index (χ1) is 20.8. The summed E-state index contributed by atoms with van der Waals surface area (Å²) in [4.78, 5) is 30.6. The number of nitrogens with one attached hydrogen (secondary N) is 3. The number of carbonyl (C=O) groups excluding carboxylic acids is 1. The molecule has 0 spiro atoms. The summed E-state index contributed by atoms with van der Waals surface area (Å²) in [7, 11) is 0. The third-order valence-corrected chi connectivity index (χ3v) is 5.20. The monoisotopic (exact) mass is 643 g/mol. The van der Waals surface area contributed by atoms with Gasteiger partial charge in [-0.05, 0) is 36.2 Å². The van der Waals surface area contributed by atoms with E-state index in [0.717, 1.165) is 5.56 Å². The zero-order chi connectivity index (χ0) is 34.4. The molecule has 0 bridgehead atoms. The highest BCUT2D eigenvalue weighted by atomic mass is 19.4. The zero-order valence-electron chi connectivity index (χ0n) is 22.9. The van der Waals surface area contributed by atoms with Crippen LogP contribution < -0.4 is 21.5 Å². The molecule has 0 fully saturated rings. The average Bonchev–Trinajstić information content (AvgIpc) is 2.96. The second-order valence-electron chi connectivity index (χ2n) is 8.71. The number of carboxylic acids is 2. The highest BCUT2D eigenvalue weighted by Crippen LogP contribution is 2.15. The van der Waals surface area contributed by atoms with Crippen molar-refractivity contribution >= 4 is 29.5 Å². The lowest BCUT2D eigenvalue weighted by Crippen LogP contribution is -2.40. The molecule has 17 heteroatoms. The van der Waals surface area contributed by atoms with Crippen LogP contribution >= 0.6 is 0 Å². The Hall–Kier alpha value is -5.61. The number of nitrogen functional groups attached to an aromatic ring is 2. The molecule has 0 aliphatic carbocycles. The van der Waals surface area contributed by atoms with Gasteiger partial charge in [0.05, 0.1) is 6.04 Å². The fraction of sp³-hybridized carbons (Fsp3) is 0.179. The Balaban J connectivity index is 0.000000601. The molecule has 3 rings (SSSR count). The molecule has 3 aromatic rings. The van der Waals surface area contributed by atoms with Gasteiger partial charge in [0, 0.05) is 16.7 Å². The Kier molecular flexibility index (Phi) is 14.0. The van der Waals surface area contributed by atoms with Gasteiger partial charge in [-0.2, -0.15) is 26.3 Å². The van der Waals surface area contributed by atoms with Gasteiger partial charge in [-0.3, -0.25) is 15.6 Å². The molecule has 0 heterocycles. The highest BCUT2D eigenvalue weighted by Gasteiger charge is 2.38. The van der Waals surface area contributed by atoms with Gasteiger partial charge in [0.1, 0.15) is 24.0 Å². The summed E-state index contributed by atoms with van der Waals surface area (Å²) in [5, 5.41) is 32.3. The molecule has 0 aliphatic heterocycles. The standard InChI is InChI=1S/C24H25N5O2.2C2HF3O2/c25-22(26)17-9-11-18(12-10-17)24(30)29-20(13-16-5-2-1-3-6-16)15-31-21-8-4-7-19(14-21)23(27)28;2*3-2(4,5)1(6)7/h1-12,14,20H,13,15H2,(H3,25,26)(H3,27,28)(H,29,30);2*(H,6,7)/t20-;;/m1../s1. The fourth-order valence-electron chi connectivity index (χ4n) is 3.07. The van der Waals surface area contributed by atoms with Crippen LogP contribution in [0, 0.1) is 10.8 Å². The number of carbonyl (C=O) groups is 3. The van der Waals surface area contributed by atoms with Crippen molar-refractivity contribution < 1.29 is 55.7 Å². The average molecular weight is 644 g/mol. The molecule has 3 aromatic carbocycles. The predicted molar refractivity (Wildman–Crippen MR) is 149 cm³/mol. The van der Waals surface area contributed by atoms with Gasteiger partial charge in [-0.15, -0.1) is 0 Å². The molecule has 242 valence electrons. The highest BCUT2D eigenvalue weighted by molar-refractivity contribution is 5.98. The third kappa shape index (κ3) is 14.4. The maximum Gasteiger partial charge on any atom is 0.490 e. The van der Waals surface area contributed by atoms with Crippen molar-refractivity contribution in [2.45, 2.75) is 24.8 Å². The van der Waals surface area contributed by atoms with Crippen LogP contribution in [0.4, 0.5) is 26.3 Å². The Bertz CT molecular complexity index is 1440. The van der Waals surface area contributed by atoms with Crippen molar-refractivity contribution in [3.8, 4) is 5.75 Å². The number of hydrogen-bond acceptors (Lipinski definition) is 6. The topological polar surface area (TPSA) is 213 Å². The first-order valence-corrected chi connectivity index (χ1v) is 12.3. The Morgan fingerprint density at radius 2 is 1.20 bits per heavy atom. The van der Waals surface area contributed by atoms with E-state index in [0.29, 0.717) is 28.9 Å². The molecule has 0 aliphatic rings. The summed E-state index contributed by atoms with van der Waals surface area (Å²) >= 11 is 0. The third-order valence-electron chi connectivity index (χ3n) is 5.20. The molecule has 9 N–H and O–H groups in total. The molecule has 0 saturated carbocycles. The van der Waals surface area contributed by atoms with Crippen molar-refractivity contribution in [2.75, 3.05) is 6.61 Å². The van der Waals surface area contributed by atoms with Crippen LogP contribution in [0.3, 0.4) is 0 Å². The predicted octanol–water partition coefficient (Wildman–Crippen LogP) is 3.94. The molecule has 45 heavy (non-hydrogen) atoms. The van der Waals surface area contributed by atoms with Crippen molar-refractivity contribution in [1.82, 2.24) is 5.32 Å². The molecular weight excluding hydrogens is 616 g/mol. The van der Waals surface area contributed by atoms with Crippen LogP contribution in [-0.2, 0) is 16.0 Å². The molecular formula is C28H27F6N5O6. The summed E-state index contributed by atoms with van der Waals surface area (Å²) in [6.45, 7) is 0.244. The summed E-state index contributed by atoms with van der Waals surface area (Å²) in [6.07, 6.45) is -9.58. The molecule has 0 aromatic heterocycles. The Morgan fingerprint density at radius 1 is 0.733 bits per heavy atom. The number of ether oxygens (including phenoxy) is 1. The van der Waals surface area contributed by atoms with Crippen molar-refractivity contribution in [1.29, 1.82) is 10.8 Å². The Morgan fingerprint density at radius 3 is 1.64 bits per heavy atom. The van der Waals surface area contributed by atoms with E-state index in [1.165, 1.54) is 0 Å². The lowest BCUT2D eigenvalue weighted by atomic mass is 10.1. The first-order valence-electron chi connectivity index (χ1n) is 12.3. The number of amides is 1. The smallest absolute Gasteiger partial charge is 0.490 e. The summed E-state index contributed by atoms with van der Waals surface area (Å²) in [6, 6.07) is 23.1. The molecule has 0 radical (unpaired) electrons. The Labute approximate surface area is 251 Å². The number of nitrogens with two attached hydrogens (primary N) is 2. The van der Waals surface area contributed by atoms with E-state index in [9.17, 15) is 31.1 Å². The molecule has 1 amide bonds. The van der Waals surface area contributed by atoms with Crippen LogP contribution in [0.5, 0.6) is 5.75 Å². The van der Waals surface area contributed by atoms with Crippen LogP contribution in [0.15, 0.2) is 78.9 Å². The minimum Gasteiger partial charge on any atom is -0.491 e. The van der Waals surface area contributed by atoms with E-state index in [2.05, 4.69) is 5.32 Å². The molecule has 1 atom stereocenters. The van der Waals surface area contributed by atoms with Gasteiger partial charge in [-0.1, -0.05) is 54.6 Å². The SMILES string of the molecule is N=C(N)c1ccc(C(=O)N[C@@H](COc2cccc(C(=N)N)c2)Cc2ccccc2)cc1.O=C(O)C(F)(F)F.O=C(O)C(F)(F)F. The minimum atomic E-state index is -5.08. The van der Waals surface area contributed by atoms with Gasteiger partial charge in [0.2, 0.25) is 0 Å². The van der Waals surface area contributed by atoms with Crippen LogP contribution in [-0.4, -0.2) is 64.7 Å². The molecule has 0 saturated heterocycles. The van der Waals surface area contributed by atoms with E-state index < -0.39 is 24.3 Å². The van der Waals surface area contributed by atoms with Crippen molar-refractivity contribution in [3.05, 3.63) is 101 Å². The number of hydrogen-bond donors (Lipinski definition) is 7. The van der Waals surface area contributed by atoms with E-state index in [1.807, 2.05) is 30.3 Å². The normalized spacial score (nSPS) is 11.3. The van der Waals surface area contributed by atoms with Gasteiger partial charge in [0.15, 0.2) is 0 Å². The zero-order valence-corrected chi connectivity index (χ0v) is 22.9. The number of amidine groups is 2. The second kappa shape index (κ2) is 16.9. The maximum absolute atomic E-state index is 12.8. The number of carboxylic acid groups (broad SMARTS) is 2. The molecule has 11 nitrogen and oxygen atoms in total. The van der Waals surface area contributed by atoms with E-state index >= 15 is 0 Å². The second-order valence-corrected chi connectivity index (χ2v) is 8.71. The number of rotatable bonds is 9. The van der Waals surface area contributed by atoms with E-state index in [-0.39, 0.29) is 30.2 Å². The number of alkyl halides is 6. The van der Waals surface area contributed by atoms with Crippen LogP contribution in [0.25, 0.3) is 0 Å². The maximum atomic E-state index is 12.8. The lowest BCUT2D eigenvalue weighted by molar-refractivity contribution is -0.193. The van der Waals surface area contributed by atoms with Gasteiger partial charge in [-0.25, -0.2) is 9.59 Å². The van der Waals surface area contributed by atoms with Gasteiger partial charge in [0.25, 0.3) is 5.91 Å². The summed E-state index contributed by atoms with van der Waals surface area (Å²) < 4.78 is 69.4. The van der Waals surface area contributed by atoms with E-state index in [4.69, 9.17) is 46.8 Å². The van der Waals surface area contributed by atoms with Gasteiger partial charge >= 0.3 is 24.3 Å². The lowest BCUT2D eigenvalue weighted by Gasteiger charge is -2.20. The van der Waals surface area contributed by atoms with Gasteiger partial charge < -0.3 is 31.7 Å². The van der Waals surface area contributed by atoms with Crippen molar-refractivity contribution in [2.24, 2.45) is 11.5 Å². The van der Waals surface area contributed by atoms with Crippen LogP contribution in [0.2, 0.25) is 0 Å². The summed E-state index contributed by atoms with van der Waals surface area (Å²) in [5.41, 5.74) is 13.7. The fourth-order valence-corrected chi connectivity index (χ4v) is 3.07. The first kappa shape index (κ1) is 37.4. The largest absolute Gasteiger partial charge is 0.491 e. The quantitative estimate of drug-likeness (QED) is 0.103. The number of aliphatic carboxylic acids is 2. The molecule has 0 unspecified atom stereocenters. The van der Waals surface area contributed by atoms with Crippen molar-refractivity contribution in [3.63, 3.8) is 0 Å². The van der Waals surface area contributed by atoms with E-state index in [1.54, 1.807) is 48.5 Å². The van der Waals surface area contributed by atoms with Crippen LogP contribution in [0.1, 0.15) is 27.0 Å². The minimum absolute atomic E-state index is 0.0337. The number of halogens is 6. The number of benzene rings is 3.